The Balaban J connectivity index is 1.71. The third-order valence-electron chi connectivity index (χ3n) is 5.01. The molecule has 0 radical (unpaired) electrons. The summed E-state index contributed by atoms with van der Waals surface area (Å²) >= 11 is 1.25. The van der Waals surface area contributed by atoms with E-state index in [1.165, 1.54) is 36.4 Å². The molecule has 3 nitrogen and oxygen atoms in total. The van der Waals surface area contributed by atoms with Crippen LogP contribution < -0.4 is 0 Å². The second-order valence-electron chi connectivity index (χ2n) is 6.97. The summed E-state index contributed by atoms with van der Waals surface area (Å²) in [7, 11) is 0. The van der Waals surface area contributed by atoms with Crippen LogP contribution in [0.5, 0.6) is 0 Å². The molecule has 2 aliphatic rings. The number of nitrogens with zero attached hydrogens (tertiary/aromatic N) is 2. The number of rotatable bonds is 3. The molecule has 2 aromatic carbocycles. The Morgan fingerprint density at radius 3 is 2.43 bits per heavy atom. The van der Waals surface area contributed by atoms with Crippen LogP contribution in [-0.4, -0.2) is 22.0 Å². The molecule has 6 heteroatoms. The molecule has 28 heavy (non-hydrogen) atoms. The van der Waals surface area contributed by atoms with Crippen LogP contribution in [0.25, 0.3) is 6.08 Å². The summed E-state index contributed by atoms with van der Waals surface area (Å²) < 4.78 is 27.3. The van der Waals surface area contributed by atoms with Crippen LogP contribution in [0.2, 0.25) is 0 Å². The van der Waals surface area contributed by atoms with Crippen LogP contribution >= 0.6 is 11.8 Å². The zero-order chi connectivity index (χ0) is 19.5. The molecule has 0 N–H and O–H groups in total. The maximum absolute atomic E-state index is 14.1. The van der Waals surface area contributed by atoms with Gasteiger partial charge in [-0.25, -0.2) is 13.8 Å². The summed E-state index contributed by atoms with van der Waals surface area (Å²) in [6.45, 7) is 0. The molecule has 1 heterocycles. The minimum absolute atomic E-state index is 0.0818. The molecule has 1 saturated heterocycles. The Bertz CT molecular complexity index is 934. The molecule has 144 valence electrons. The Hall–Kier alpha value is -2.47. The Morgan fingerprint density at radius 1 is 1.00 bits per heavy atom. The molecule has 1 amide bonds. The van der Waals surface area contributed by atoms with Crippen LogP contribution in [-0.2, 0) is 4.79 Å². The van der Waals surface area contributed by atoms with E-state index in [4.69, 9.17) is 0 Å². The smallest absolute Gasteiger partial charge is 0.267 e. The fourth-order valence-electron chi connectivity index (χ4n) is 3.58. The van der Waals surface area contributed by atoms with Crippen LogP contribution in [0.4, 0.5) is 14.5 Å². The van der Waals surface area contributed by atoms with Crippen LogP contribution in [0.1, 0.15) is 37.7 Å². The van der Waals surface area contributed by atoms with Crippen molar-refractivity contribution in [2.24, 2.45) is 4.99 Å². The van der Waals surface area contributed by atoms with Crippen molar-refractivity contribution in [1.82, 2.24) is 4.90 Å². The molecule has 0 bridgehead atoms. The average Bonchev–Trinajstić information content (AvgIpc) is 3.01. The first-order chi connectivity index (χ1) is 13.6. The minimum atomic E-state index is -0.414. The van der Waals surface area contributed by atoms with Crippen molar-refractivity contribution >= 4 is 34.6 Å². The zero-order valence-electron chi connectivity index (χ0n) is 15.3. The molecule has 1 aliphatic heterocycles. The predicted molar refractivity (Wildman–Crippen MR) is 109 cm³/mol. The monoisotopic (exact) mass is 398 g/mol. The molecule has 4 rings (SSSR count). The highest BCUT2D eigenvalue weighted by molar-refractivity contribution is 8.18. The van der Waals surface area contributed by atoms with Gasteiger partial charge in [0.1, 0.15) is 17.3 Å². The summed E-state index contributed by atoms with van der Waals surface area (Å²) in [4.78, 5) is 19.9. The Morgan fingerprint density at radius 2 is 1.71 bits per heavy atom. The first-order valence-corrected chi connectivity index (χ1v) is 10.3. The maximum Gasteiger partial charge on any atom is 0.267 e. The number of carbonyl (C=O) groups is 1. The molecule has 2 fully saturated rings. The van der Waals surface area contributed by atoms with Crippen molar-refractivity contribution in [3.8, 4) is 0 Å². The van der Waals surface area contributed by atoms with E-state index in [0.29, 0.717) is 10.1 Å². The quantitative estimate of drug-likeness (QED) is 0.603. The summed E-state index contributed by atoms with van der Waals surface area (Å²) in [5.74, 6) is -0.850. The number of benzene rings is 2. The van der Waals surface area contributed by atoms with Crippen molar-refractivity contribution in [2.45, 2.75) is 38.1 Å². The number of amides is 1. The molecule has 0 atom stereocenters. The van der Waals surface area contributed by atoms with E-state index in [2.05, 4.69) is 4.99 Å². The van der Waals surface area contributed by atoms with Crippen molar-refractivity contribution in [2.75, 3.05) is 0 Å². The molecule has 2 aromatic rings. The molecule has 0 spiro atoms. The van der Waals surface area contributed by atoms with Gasteiger partial charge in [-0.3, -0.25) is 9.69 Å². The SMILES string of the molecule is O=C1/C(=C/c2ccc(F)cc2)SC(=Nc2ccccc2F)N1C1CCCCC1. The van der Waals surface area contributed by atoms with Gasteiger partial charge in [0.15, 0.2) is 5.17 Å². The molecular weight excluding hydrogens is 378 g/mol. The van der Waals surface area contributed by atoms with Gasteiger partial charge in [-0.1, -0.05) is 43.5 Å². The van der Waals surface area contributed by atoms with E-state index < -0.39 is 5.82 Å². The Labute approximate surface area is 167 Å². The number of carbonyl (C=O) groups excluding carboxylic acids is 1. The van der Waals surface area contributed by atoms with Crippen LogP contribution in [0.3, 0.4) is 0 Å². The van der Waals surface area contributed by atoms with E-state index in [-0.39, 0.29) is 23.5 Å². The molecule has 0 unspecified atom stereocenters. The zero-order valence-corrected chi connectivity index (χ0v) is 16.1. The second-order valence-corrected chi connectivity index (χ2v) is 7.98. The van der Waals surface area contributed by atoms with E-state index in [1.807, 2.05) is 0 Å². The number of hydrogen-bond donors (Lipinski definition) is 0. The van der Waals surface area contributed by atoms with E-state index in [0.717, 1.165) is 31.2 Å². The number of halogens is 2. The van der Waals surface area contributed by atoms with Crippen molar-refractivity contribution in [3.05, 3.63) is 70.6 Å². The third kappa shape index (κ3) is 4.02. The molecule has 1 saturated carbocycles. The lowest BCUT2D eigenvalue weighted by Gasteiger charge is -2.30. The molecular formula is C22H20F2N2OS. The number of aliphatic imine (C=N–C) groups is 1. The van der Waals surface area contributed by atoms with Gasteiger partial charge in [-0.2, -0.15) is 0 Å². The lowest BCUT2D eigenvalue weighted by molar-refractivity contribution is -0.124. The topological polar surface area (TPSA) is 32.7 Å². The largest absolute Gasteiger partial charge is 0.283 e. The summed E-state index contributed by atoms with van der Waals surface area (Å²) in [6, 6.07) is 12.4. The van der Waals surface area contributed by atoms with Crippen LogP contribution in [0.15, 0.2) is 58.4 Å². The maximum atomic E-state index is 14.1. The average molecular weight is 398 g/mol. The van der Waals surface area contributed by atoms with Gasteiger partial charge >= 0.3 is 0 Å². The first-order valence-electron chi connectivity index (χ1n) is 9.44. The summed E-state index contributed by atoms with van der Waals surface area (Å²) in [5.41, 5.74) is 0.967. The molecule has 0 aromatic heterocycles. The number of thioether (sulfide) groups is 1. The highest BCUT2D eigenvalue weighted by atomic mass is 32.2. The Kier molecular flexibility index (Phi) is 5.57. The normalized spacial score (nSPS) is 21.1. The van der Waals surface area contributed by atoms with Crippen molar-refractivity contribution in [1.29, 1.82) is 0 Å². The second kappa shape index (κ2) is 8.27. The fourth-order valence-corrected chi connectivity index (χ4v) is 4.63. The van der Waals surface area contributed by atoms with Gasteiger partial charge in [-0.15, -0.1) is 0 Å². The summed E-state index contributed by atoms with van der Waals surface area (Å²) in [5, 5.41) is 0.510. The van der Waals surface area contributed by atoms with Gasteiger partial charge in [0, 0.05) is 6.04 Å². The first kappa shape index (κ1) is 18.9. The summed E-state index contributed by atoms with van der Waals surface area (Å²) in [6.07, 6.45) is 6.90. The lowest BCUT2D eigenvalue weighted by atomic mass is 9.94. The highest BCUT2D eigenvalue weighted by Crippen LogP contribution is 2.38. The van der Waals surface area contributed by atoms with E-state index in [9.17, 15) is 13.6 Å². The van der Waals surface area contributed by atoms with Crippen molar-refractivity contribution in [3.63, 3.8) is 0 Å². The van der Waals surface area contributed by atoms with Gasteiger partial charge in [0.25, 0.3) is 5.91 Å². The van der Waals surface area contributed by atoms with E-state index >= 15 is 0 Å². The van der Waals surface area contributed by atoms with E-state index in [1.54, 1.807) is 41.3 Å². The highest BCUT2D eigenvalue weighted by Gasteiger charge is 2.38. The number of amidine groups is 1. The van der Waals surface area contributed by atoms with Gasteiger partial charge < -0.3 is 0 Å². The van der Waals surface area contributed by atoms with Crippen molar-refractivity contribution < 1.29 is 13.6 Å². The third-order valence-corrected chi connectivity index (χ3v) is 6.00. The molecule has 1 aliphatic carbocycles. The predicted octanol–water partition coefficient (Wildman–Crippen LogP) is 5.90. The number of para-hydroxylation sites is 1. The standard InChI is InChI=1S/C22H20F2N2OS/c23-16-12-10-15(11-13-16)14-20-21(27)26(17-6-2-1-3-7-17)22(28-20)25-19-9-5-4-8-18(19)24/h4-5,8-14,17H,1-3,6-7H2/b20-14-,25-22?. The minimum Gasteiger partial charge on any atom is -0.283 e. The number of hydrogen-bond acceptors (Lipinski definition) is 3. The lowest BCUT2D eigenvalue weighted by Crippen LogP contribution is -2.40. The van der Waals surface area contributed by atoms with Gasteiger partial charge in [0.05, 0.1) is 4.91 Å². The van der Waals surface area contributed by atoms with Gasteiger partial charge in [-0.05, 0) is 60.5 Å². The van der Waals surface area contributed by atoms with Gasteiger partial charge in [0.2, 0.25) is 0 Å². The van der Waals surface area contributed by atoms with Crippen LogP contribution in [0, 0.1) is 11.6 Å². The fraction of sp³-hybridized carbons (Fsp3) is 0.273.